The van der Waals surface area contributed by atoms with Crippen LogP contribution in [-0.2, 0) is 5.41 Å². The Balaban J connectivity index is 1.89. The fraction of sp³-hybridized carbons (Fsp3) is 0.0370. The van der Waals surface area contributed by atoms with Gasteiger partial charge in [-0.05, 0) is 44.5 Å². The maximum atomic E-state index is 2.31. The molecule has 0 fully saturated rings. The predicted molar refractivity (Wildman–Crippen MR) is 113 cm³/mol. The van der Waals surface area contributed by atoms with Crippen molar-refractivity contribution >= 4 is 12.2 Å². The molecular weight excluding hydrogens is 324 g/mol. The van der Waals surface area contributed by atoms with Gasteiger partial charge in [-0.15, -0.1) is 0 Å². The van der Waals surface area contributed by atoms with Gasteiger partial charge in [0.2, 0.25) is 0 Å². The largest absolute Gasteiger partial charge is 0.0725 e. The van der Waals surface area contributed by atoms with Crippen LogP contribution in [-0.4, -0.2) is 0 Å². The first-order valence-corrected chi connectivity index (χ1v) is 9.47. The average Bonchev–Trinajstić information content (AvgIpc) is 2.94. The third-order valence-corrected chi connectivity index (χ3v) is 6.12. The Morgan fingerprint density at radius 3 is 1.22 bits per heavy atom. The molecule has 0 aromatic heterocycles. The predicted octanol–water partition coefficient (Wildman–Crippen LogP) is 6.53. The molecule has 1 spiro atoms. The molecule has 0 radical (unpaired) electrons. The third kappa shape index (κ3) is 1.77. The lowest BCUT2D eigenvalue weighted by Gasteiger charge is -2.35. The molecule has 0 amide bonds. The van der Waals surface area contributed by atoms with Gasteiger partial charge in [0.25, 0.3) is 0 Å². The highest BCUT2D eigenvalue weighted by atomic mass is 14.5. The topological polar surface area (TPSA) is 0 Å². The van der Waals surface area contributed by atoms with Crippen molar-refractivity contribution in [2.75, 3.05) is 0 Å². The highest BCUT2D eigenvalue weighted by Gasteiger charge is 2.47. The number of benzene rings is 4. The Labute approximate surface area is 159 Å². The standard InChI is InChI=1S/C27H18/c1-5-13-23-19(9-1)17-18-20-10-2-6-14-24(20)27(23)25-15-7-3-11-21(25)22-12-4-8-16-26(22)27/h1-18H. The molecule has 0 heteroatoms. The van der Waals surface area contributed by atoms with Gasteiger partial charge in [0.15, 0.2) is 0 Å². The number of hydrogen-bond donors (Lipinski definition) is 0. The highest BCUT2D eigenvalue weighted by Crippen LogP contribution is 2.58. The summed E-state index contributed by atoms with van der Waals surface area (Å²) in [5, 5.41) is 0. The van der Waals surface area contributed by atoms with Gasteiger partial charge in [-0.3, -0.25) is 0 Å². The van der Waals surface area contributed by atoms with E-state index in [0.717, 1.165) is 0 Å². The van der Waals surface area contributed by atoms with E-state index < -0.39 is 0 Å². The van der Waals surface area contributed by atoms with Crippen molar-refractivity contribution in [3.8, 4) is 11.1 Å². The van der Waals surface area contributed by atoms with Crippen LogP contribution in [0.25, 0.3) is 23.3 Å². The minimum atomic E-state index is -0.274. The van der Waals surface area contributed by atoms with E-state index in [1.54, 1.807) is 0 Å². The van der Waals surface area contributed by atoms with Crippen molar-refractivity contribution in [3.05, 3.63) is 130 Å². The molecule has 4 aromatic rings. The van der Waals surface area contributed by atoms with Crippen LogP contribution >= 0.6 is 0 Å². The molecule has 0 saturated carbocycles. The lowest BCUT2D eigenvalue weighted by atomic mass is 9.66. The van der Waals surface area contributed by atoms with Gasteiger partial charge >= 0.3 is 0 Å². The van der Waals surface area contributed by atoms with Gasteiger partial charge in [-0.25, -0.2) is 0 Å². The molecule has 0 nitrogen and oxygen atoms in total. The average molecular weight is 342 g/mol. The monoisotopic (exact) mass is 342 g/mol. The van der Waals surface area contributed by atoms with Crippen LogP contribution in [0.4, 0.5) is 0 Å². The molecule has 0 bridgehead atoms. The van der Waals surface area contributed by atoms with Crippen molar-refractivity contribution in [1.82, 2.24) is 0 Å². The molecule has 0 N–H and O–H groups in total. The number of fused-ring (bicyclic) bond motifs is 9. The Morgan fingerprint density at radius 2 is 0.741 bits per heavy atom. The maximum Gasteiger partial charge on any atom is 0.0725 e. The summed E-state index contributed by atoms with van der Waals surface area (Å²) in [7, 11) is 0. The molecule has 27 heavy (non-hydrogen) atoms. The molecular formula is C27H18. The van der Waals surface area contributed by atoms with Crippen LogP contribution in [0.3, 0.4) is 0 Å². The molecule has 4 aromatic carbocycles. The summed E-state index contributed by atoms with van der Waals surface area (Å²) < 4.78 is 0. The van der Waals surface area contributed by atoms with E-state index in [4.69, 9.17) is 0 Å². The summed E-state index contributed by atoms with van der Waals surface area (Å²) in [6.07, 6.45) is 4.54. The van der Waals surface area contributed by atoms with Gasteiger partial charge < -0.3 is 0 Å². The van der Waals surface area contributed by atoms with Crippen LogP contribution in [0.2, 0.25) is 0 Å². The minimum Gasteiger partial charge on any atom is -0.0619 e. The van der Waals surface area contributed by atoms with E-state index in [1.807, 2.05) is 0 Å². The second kappa shape index (κ2) is 5.31. The lowest BCUT2D eigenvalue weighted by Crippen LogP contribution is -2.29. The summed E-state index contributed by atoms with van der Waals surface area (Å²) in [6.45, 7) is 0. The van der Waals surface area contributed by atoms with Crippen LogP contribution in [0.1, 0.15) is 33.4 Å². The second-order valence-electron chi connectivity index (χ2n) is 7.35. The van der Waals surface area contributed by atoms with E-state index in [0.29, 0.717) is 0 Å². The molecule has 0 saturated heterocycles. The van der Waals surface area contributed by atoms with Crippen molar-refractivity contribution in [3.63, 3.8) is 0 Å². The summed E-state index contributed by atoms with van der Waals surface area (Å²) >= 11 is 0. The van der Waals surface area contributed by atoms with Crippen molar-refractivity contribution in [2.24, 2.45) is 0 Å². The van der Waals surface area contributed by atoms with Gasteiger partial charge in [-0.2, -0.15) is 0 Å². The Hall–Kier alpha value is -3.38. The molecule has 0 unspecified atom stereocenters. The van der Waals surface area contributed by atoms with Crippen molar-refractivity contribution < 1.29 is 0 Å². The number of rotatable bonds is 0. The number of hydrogen-bond acceptors (Lipinski definition) is 0. The zero-order chi connectivity index (χ0) is 17.8. The Kier molecular flexibility index (Phi) is 2.90. The SMILES string of the molecule is C1=Cc2ccccc2C2(c3ccccc31)c1ccccc1-c1ccccc12. The van der Waals surface area contributed by atoms with Gasteiger partial charge in [0.1, 0.15) is 0 Å². The van der Waals surface area contributed by atoms with Crippen LogP contribution < -0.4 is 0 Å². The smallest absolute Gasteiger partial charge is 0.0619 e. The Bertz CT molecular complexity index is 1130. The molecule has 0 atom stereocenters. The van der Waals surface area contributed by atoms with Gasteiger partial charge in [0.05, 0.1) is 5.41 Å². The zero-order valence-electron chi connectivity index (χ0n) is 14.9. The van der Waals surface area contributed by atoms with E-state index in [2.05, 4.69) is 109 Å². The van der Waals surface area contributed by atoms with Crippen molar-refractivity contribution in [2.45, 2.75) is 5.41 Å². The van der Waals surface area contributed by atoms with Crippen LogP contribution in [0, 0.1) is 0 Å². The summed E-state index contributed by atoms with van der Waals surface area (Å²) in [4.78, 5) is 0. The first-order chi connectivity index (χ1) is 13.4. The lowest BCUT2D eigenvalue weighted by molar-refractivity contribution is 0.766. The normalized spacial score (nSPS) is 14.8. The summed E-state index contributed by atoms with van der Waals surface area (Å²) in [6, 6.07) is 35.5. The molecule has 0 aliphatic heterocycles. The third-order valence-electron chi connectivity index (χ3n) is 6.12. The summed E-state index contributed by atoms with van der Waals surface area (Å²) in [5.74, 6) is 0. The highest BCUT2D eigenvalue weighted by molar-refractivity contribution is 5.91. The molecule has 0 heterocycles. The van der Waals surface area contributed by atoms with Gasteiger partial charge in [0, 0.05) is 0 Å². The first kappa shape index (κ1) is 14.8. The minimum absolute atomic E-state index is 0.274. The van der Waals surface area contributed by atoms with Gasteiger partial charge in [-0.1, -0.05) is 109 Å². The van der Waals surface area contributed by atoms with Crippen molar-refractivity contribution in [1.29, 1.82) is 0 Å². The molecule has 2 aliphatic rings. The second-order valence-corrected chi connectivity index (χ2v) is 7.35. The first-order valence-electron chi connectivity index (χ1n) is 9.47. The van der Waals surface area contributed by atoms with E-state index in [-0.39, 0.29) is 5.41 Å². The fourth-order valence-electron chi connectivity index (χ4n) is 5.11. The fourth-order valence-corrected chi connectivity index (χ4v) is 5.11. The van der Waals surface area contributed by atoms with Crippen LogP contribution in [0.5, 0.6) is 0 Å². The van der Waals surface area contributed by atoms with E-state index >= 15 is 0 Å². The Morgan fingerprint density at radius 1 is 0.370 bits per heavy atom. The molecule has 2 aliphatic carbocycles. The summed E-state index contributed by atoms with van der Waals surface area (Å²) in [5.41, 5.74) is 10.5. The quantitative estimate of drug-likeness (QED) is 0.294. The molecule has 6 rings (SSSR count). The zero-order valence-corrected chi connectivity index (χ0v) is 14.9. The van der Waals surface area contributed by atoms with E-state index in [9.17, 15) is 0 Å². The maximum absolute atomic E-state index is 2.31. The molecule has 126 valence electrons. The van der Waals surface area contributed by atoms with Crippen LogP contribution in [0.15, 0.2) is 97.1 Å². The van der Waals surface area contributed by atoms with E-state index in [1.165, 1.54) is 44.5 Å².